The van der Waals surface area contributed by atoms with E-state index < -0.39 is 0 Å². The van der Waals surface area contributed by atoms with Crippen molar-refractivity contribution < 1.29 is 0 Å². The van der Waals surface area contributed by atoms with Crippen LogP contribution in [0.1, 0.15) is 42.5 Å². The molecule has 0 saturated heterocycles. The molecule has 0 aliphatic heterocycles. The zero-order chi connectivity index (χ0) is 29.8. The summed E-state index contributed by atoms with van der Waals surface area (Å²) in [6.07, 6.45) is 22.3. The predicted molar refractivity (Wildman–Crippen MR) is 192 cm³/mol. The van der Waals surface area contributed by atoms with Gasteiger partial charge in [0.05, 0.1) is 0 Å². The first-order valence-electron chi connectivity index (χ1n) is 15.0. The van der Waals surface area contributed by atoms with Gasteiger partial charge in [-0.25, -0.2) is 0 Å². The van der Waals surface area contributed by atoms with E-state index in [2.05, 4.69) is 141 Å². The van der Waals surface area contributed by atoms with Crippen LogP contribution in [0.15, 0.2) is 147 Å². The van der Waals surface area contributed by atoms with E-state index in [0.717, 1.165) is 34.3 Å². The minimum Gasteiger partial charge on any atom is -0.0984 e. The fourth-order valence-corrected chi connectivity index (χ4v) is 6.04. The molecule has 0 spiro atoms. The fourth-order valence-electron chi connectivity index (χ4n) is 6.04. The van der Waals surface area contributed by atoms with Crippen molar-refractivity contribution in [2.24, 2.45) is 0 Å². The van der Waals surface area contributed by atoms with Crippen LogP contribution in [0.25, 0.3) is 67.1 Å². The largest absolute Gasteiger partial charge is 0.0984 e. The minimum absolute atomic E-state index is 0.950. The molecule has 0 amide bonds. The van der Waals surface area contributed by atoms with Crippen LogP contribution in [-0.2, 0) is 0 Å². The van der Waals surface area contributed by atoms with Crippen molar-refractivity contribution in [1.82, 2.24) is 0 Å². The van der Waals surface area contributed by atoms with Gasteiger partial charge in [-0.1, -0.05) is 129 Å². The average Bonchev–Trinajstić information content (AvgIpc) is 3.32. The van der Waals surface area contributed by atoms with Gasteiger partial charge in [0.25, 0.3) is 0 Å². The Bertz CT molecular complexity index is 2030. The molecule has 5 aromatic carbocycles. The molecule has 43 heavy (non-hydrogen) atoms. The Balaban J connectivity index is 1.51. The number of allylic oxidation sites excluding steroid dienone is 10. The molecule has 0 heteroatoms. The van der Waals surface area contributed by atoms with Crippen LogP contribution in [0.2, 0.25) is 0 Å². The Labute approximate surface area is 255 Å². The summed E-state index contributed by atoms with van der Waals surface area (Å²) in [5.74, 6) is 0. The minimum atomic E-state index is 0.950. The summed E-state index contributed by atoms with van der Waals surface area (Å²) in [7, 11) is 0. The second-order valence-electron chi connectivity index (χ2n) is 10.9. The summed E-state index contributed by atoms with van der Waals surface area (Å²) in [6.45, 7) is 12.5. The maximum absolute atomic E-state index is 4.34. The van der Waals surface area contributed by atoms with E-state index in [4.69, 9.17) is 0 Å². The summed E-state index contributed by atoms with van der Waals surface area (Å²) >= 11 is 0. The second-order valence-corrected chi connectivity index (χ2v) is 10.9. The lowest BCUT2D eigenvalue weighted by Crippen LogP contribution is -1.91. The molecule has 0 atom stereocenters. The summed E-state index contributed by atoms with van der Waals surface area (Å²) in [6, 6.07) is 31.3. The zero-order valence-corrected chi connectivity index (χ0v) is 25.0. The van der Waals surface area contributed by atoms with E-state index in [1.807, 2.05) is 32.1 Å². The van der Waals surface area contributed by atoms with Crippen LogP contribution >= 0.6 is 0 Å². The molecule has 1 aliphatic rings. The molecule has 0 bridgehead atoms. The highest BCUT2D eigenvalue weighted by Gasteiger charge is 2.14. The third kappa shape index (κ3) is 5.53. The molecule has 5 aromatic rings. The van der Waals surface area contributed by atoms with Gasteiger partial charge in [0, 0.05) is 0 Å². The first-order valence-corrected chi connectivity index (χ1v) is 15.0. The summed E-state index contributed by atoms with van der Waals surface area (Å²) in [4.78, 5) is 0. The van der Waals surface area contributed by atoms with Crippen molar-refractivity contribution in [3.8, 4) is 22.3 Å². The Kier molecular flexibility index (Phi) is 8.03. The normalized spacial score (nSPS) is 13.2. The third-order valence-corrected chi connectivity index (χ3v) is 8.17. The van der Waals surface area contributed by atoms with Gasteiger partial charge >= 0.3 is 0 Å². The predicted octanol–water partition coefficient (Wildman–Crippen LogP) is 12.5. The molecule has 0 heterocycles. The van der Waals surface area contributed by atoms with Gasteiger partial charge in [-0.15, -0.1) is 0 Å². The van der Waals surface area contributed by atoms with Crippen molar-refractivity contribution in [3.05, 3.63) is 169 Å². The Morgan fingerprint density at radius 3 is 2.05 bits per heavy atom. The summed E-state index contributed by atoms with van der Waals surface area (Å²) < 4.78 is 0. The molecule has 0 unspecified atom stereocenters. The van der Waals surface area contributed by atoms with E-state index in [1.165, 1.54) is 49.4 Å². The van der Waals surface area contributed by atoms with Crippen molar-refractivity contribution in [3.63, 3.8) is 0 Å². The van der Waals surface area contributed by atoms with Crippen molar-refractivity contribution in [1.29, 1.82) is 0 Å². The lowest BCUT2D eigenvalue weighted by Gasteiger charge is -2.15. The van der Waals surface area contributed by atoms with Crippen LogP contribution in [0.5, 0.6) is 0 Å². The fraction of sp³-hybridized carbons (Fsp3) is 0.0698. The topological polar surface area (TPSA) is 0 Å². The first-order chi connectivity index (χ1) is 21.1. The van der Waals surface area contributed by atoms with Gasteiger partial charge in [0.2, 0.25) is 0 Å². The molecule has 1 aliphatic carbocycles. The maximum Gasteiger partial charge on any atom is -0.00929 e. The first kappa shape index (κ1) is 27.9. The van der Waals surface area contributed by atoms with E-state index in [0.29, 0.717) is 0 Å². The van der Waals surface area contributed by atoms with E-state index >= 15 is 0 Å². The molecule has 208 valence electrons. The Morgan fingerprint density at radius 1 is 0.628 bits per heavy atom. The van der Waals surface area contributed by atoms with E-state index in [9.17, 15) is 0 Å². The standard InChI is InChI=1S/C43H36/c1-5-8-16-31(7-3)36-26-35(30(4)15-6-2)27-37(28-36)33-18-14-17-32(25-33)34-23-24-42-40-22-13-12-21-38(40)39-19-10-9-11-20-41(39)43(42)29-34/h5-8,10-29H,3-4,9H2,1-2H3/b8-5-,15-6-,31-16+. The van der Waals surface area contributed by atoms with Crippen LogP contribution in [0, 0.1) is 0 Å². The summed E-state index contributed by atoms with van der Waals surface area (Å²) in [5, 5.41) is 5.18. The number of hydrogen-bond donors (Lipinski definition) is 0. The molecule has 0 fully saturated rings. The molecule has 0 radical (unpaired) electrons. The lowest BCUT2D eigenvalue weighted by molar-refractivity contribution is 1.44. The van der Waals surface area contributed by atoms with Gasteiger partial charge in [-0.05, 0) is 128 Å². The van der Waals surface area contributed by atoms with Gasteiger partial charge in [0.15, 0.2) is 0 Å². The Hall–Kier alpha value is -5.20. The maximum atomic E-state index is 4.34. The van der Waals surface area contributed by atoms with Gasteiger partial charge in [-0.2, -0.15) is 0 Å². The third-order valence-electron chi connectivity index (χ3n) is 8.17. The molecular formula is C43H36. The highest BCUT2D eigenvalue weighted by molar-refractivity contribution is 6.15. The molecule has 0 aromatic heterocycles. The Morgan fingerprint density at radius 2 is 1.30 bits per heavy atom. The SMILES string of the molecule is C=C/C(=C\C=C/C)c1cc(C(=C)/C=C\C)cc(-c2cccc(-c3ccc4c(c3)c3c(c5ccccc54)C=CCC=C3)c2)c1. The zero-order valence-electron chi connectivity index (χ0n) is 25.0. The van der Waals surface area contributed by atoms with Gasteiger partial charge in [0.1, 0.15) is 0 Å². The van der Waals surface area contributed by atoms with Crippen LogP contribution in [0.4, 0.5) is 0 Å². The lowest BCUT2D eigenvalue weighted by atomic mass is 9.89. The van der Waals surface area contributed by atoms with Gasteiger partial charge in [-0.3, -0.25) is 0 Å². The van der Waals surface area contributed by atoms with Crippen LogP contribution in [-0.4, -0.2) is 0 Å². The number of fused-ring (bicyclic) bond motifs is 6. The molecule has 0 nitrogen and oxygen atoms in total. The molecule has 0 N–H and O–H groups in total. The molecule has 0 saturated carbocycles. The van der Waals surface area contributed by atoms with E-state index in [-0.39, 0.29) is 0 Å². The highest BCUT2D eigenvalue weighted by Crippen LogP contribution is 2.39. The van der Waals surface area contributed by atoms with Gasteiger partial charge < -0.3 is 0 Å². The average molecular weight is 553 g/mol. The quantitative estimate of drug-likeness (QED) is 0.139. The summed E-state index contributed by atoms with van der Waals surface area (Å²) in [5.41, 5.74) is 11.6. The van der Waals surface area contributed by atoms with Crippen molar-refractivity contribution in [2.75, 3.05) is 0 Å². The second kappa shape index (κ2) is 12.3. The van der Waals surface area contributed by atoms with Crippen LogP contribution in [0.3, 0.4) is 0 Å². The van der Waals surface area contributed by atoms with Crippen molar-refractivity contribution >= 4 is 44.8 Å². The molecular weight excluding hydrogens is 516 g/mol. The smallest absolute Gasteiger partial charge is 0.00929 e. The van der Waals surface area contributed by atoms with Crippen LogP contribution < -0.4 is 0 Å². The highest BCUT2D eigenvalue weighted by atomic mass is 14.2. The van der Waals surface area contributed by atoms with Crippen molar-refractivity contribution in [2.45, 2.75) is 20.3 Å². The monoisotopic (exact) mass is 552 g/mol. The number of rotatable bonds is 7. The number of benzene rings is 5. The molecule has 6 rings (SSSR count). The number of hydrogen-bond acceptors (Lipinski definition) is 0. The van der Waals surface area contributed by atoms with E-state index in [1.54, 1.807) is 0 Å².